The summed E-state index contributed by atoms with van der Waals surface area (Å²) >= 11 is 0. The highest BCUT2D eigenvalue weighted by atomic mass is 16.5. The Labute approximate surface area is 161 Å². The van der Waals surface area contributed by atoms with Crippen LogP contribution in [0.5, 0.6) is 0 Å². The molecule has 0 aromatic heterocycles. The molecule has 3 aliphatic rings. The second-order valence-corrected chi connectivity index (χ2v) is 7.55. The van der Waals surface area contributed by atoms with Crippen LogP contribution in [0.1, 0.15) is 31.4 Å². The lowest BCUT2D eigenvalue weighted by Gasteiger charge is -2.44. The first kappa shape index (κ1) is 18.1. The molecular weight excluding hydrogens is 336 g/mol. The van der Waals surface area contributed by atoms with Crippen LogP contribution in [0.2, 0.25) is 0 Å². The van der Waals surface area contributed by atoms with Crippen molar-refractivity contribution in [1.82, 2.24) is 4.90 Å². The molecule has 2 aromatic carbocycles. The van der Waals surface area contributed by atoms with Crippen molar-refractivity contribution in [3.05, 3.63) is 66.2 Å². The summed E-state index contributed by atoms with van der Waals surface area (Å²) < 4.78 is 6.12. The number of carbonyl (C=O) groups excluding carboxylic acids is 1. The molecule has 3 saturated heterocycles. The van der Waals surface area contributed by atoms with E-state index >= 15 is 0 Å². The summed E-state index contributed by atoms with van der Waals surface area (Å²) in [5, 5.41) is 0. The van der Waals surface area contributed by atoms with Gasteiger partial charge in [0.15, 0.2) is 6.04 Å². The van der Waals surface area contributed by atoms with Gasteiger partial charge in [0, 0.05) is 18.8 Å². The molecule has 0 saturated carbocycles. The highest BCUT2D eigenvalue weighted by molar-refractivity contribution is 5.82. The van der Waals surface area contributed by atoms with Crippen LogP contribution in [0.25, 0.3) is 0 Å². The van der Waals surface area contributed by atoms with Crippen LogP contribution in [0.15, 0.2) is 60.7 Å². The van der Waals surface area contributed by atoms with E-state index in [9.17, 15) is 4.79 Å². The summed E-state index contributed by atoms with van der Waals surface area (Å²) in [7, 11) is 0. The molecule has 27 heavy (non-hydrogen) atoms. The van der Waals surface area contributed by atoms with Gasteiger partial charge in [-0.1, -0.05) is 48.5 Å². The molecule has 5 rings (SSSR count). The summed E-state index contributed by atoms with van der Waals surface area (Å²) in [5.74, 6) is 0.382. The third-order valence-corrected chi connectivity index (χ3v) is 5.94. The molecule has 3 aliphatic heterocycles. The van der Waals surface area contributed by atoms with Crippen LogP contribution in [-0.4, -0.2) is 43.2 Å². The number of ether oxygens (including phenoxy) is 1. The summed E-state index contributed by atoms with van der Waals surface area (Å²) in [6, 6.07) is 19.7. The van der Waals surface area contributed by atoms with Gasteiger partial charge in [-0.3, -0.25) is 4.90 Å². The van der Waals surface area contributed by atoms with Gasteiger partial charge in [-0.2, -0.15) is 0 Å². The van der Waals surface area contributed by atoms with Crippen molar-refractivity contribution in [3.63, 3.8) is 0 Å². The van der Waals surface area contributed by atoms with E-state index in [-0.39, 0.29) is 12.1 Å². The summed E-state index contributed by atoms with van der Waals surface area (Å²) in [6.07, 6.45) is 2.31. The molecule has 0 radical (unpaired) electrons. The number of rotatable bonds is 6. The Hall–Kier alpha value is -2.33. The number of hydrogen-bond donors (Lipinski definition) is 0. The van der Waals surface area contributed by atoms with E-state index in [1.54, 1.807) is 0 Å². The van der Waals surface area contributed by atoms with Crippen molar-refractivity contribution in [3.8, 4) is 0 Å². The number of esters is 1. The number of benzene rings is 2. The largest absolute Gasteiger partial charge is 0.459 e. The van der Waals surface area contributed by atoms with E-state index in [1.165, 1.54) is 0 Å². The Morgan fingerprint density at radius 1 is 1.07 bits per heavy atom. The van der Waals surface area contributed by atoms with Gasteiger partial charge in [0.05, 0.1) is 0 Å². The van der Waals surface area contributed by atoms with Crippen LogP contribution in [0, 0.1) is 5.92 Å². The maximum absolute atomic E-state index is 13.4. The number of hydrogen-bond acceptors (Lipinski definition) is 4. The van der Waals surface area contributed by atoms with Gasteiger partial charge >= 0.3 is 5.97 Å². The second kappa shape index (κ2) is 8.13. The van der Waals surface area contributed by atoms with Gasteiger partial charge in [0.2, 0.25) is 0 Å². The van der Waals surface area contributed by atoms with Gasteiger partial charge in [0.25, 0.3) is 0 Å². The molecule has 2 unspecified atom stereocenters. The molecule has 4 heteroatoms. The molecule has 0 amide bonds. The van der Waals surface area contributed by atoms with Crippen LogP contribution >= 0.6 is 0 Å². The first-order valence-corrected chi connectivity index (χ1v) is 10.1. The number of piperidine rings is 3. The van der Waals surface area contributed by atoms with E-state index in [1.807, 2.05) is 48.5 Å². The average Bonchev–Trinajstić information content (AvgIpc) is 2.74. The Balaban J connectivity index is 1.60. The zero-order valence-electron chi connectivity index (χ0n) is 16.0. The Kier molecular flexibility index (Phi) is 5.44. The number of para-hydroxylation sites is 1. The molecule has 2 atom stereocenters. The van der Waals surface area contributed by atoms with Crippen molar-refractivity contribution in [1.29, 1.82) is 0 Å². The van der Waals surface area contributed by atoms with Crippen LogP contribution in [-0.2, 0) is 9.53 Å². The van der Waals surface area contributed by atoms with Crippen LogP contribution in [0.4, 0.5) is 5.69 Å². The summed E-state index contributed by atoms with van der Waals surface area (Å²) in [6.45, 7) is 6.00. The van der Waals surface area contributed by atoms with Crippen LogP contribution in [0.3, 0.4) is 0 Å². The normalized spacial score (nSPS) is 25.0. The molecule has 2 aromatic rings. The van der Waals surface area contributed by atoms with Crippen molar-refractivity contribution in [2.75, 3.05) is 31.1 Å². The molecule has 0 spiro atoms. The van der Waals surface area contributed by atoms with E-state index in [4.69, 9.17) is 4.74 Å². The zero-order valence-corrected chi connectivity index (χ0v) is 16.0. The van der Waals surface area contributed by atoms with Crippen molar-refractivity contribution >= 4 is 11.7 Å². The van der Waals surface area contributed by atoms with Gasteiger partial charge < -0.3 is 9.64 Å². The number of carbonyl (C=O) groups is 1. The lowest BCUT2D eigenvalue weighted by atomic mass is 9.86. The molecule has 3 fully saturated rings. The Bertz CT molecular complexity index is 741. The Morgan fingerprint density at radius 3 is 2.26 bits per heavy atom. The fourth-order valence-electron chi connectivity index (χ4n) is 4.47. The minimum atomic E-state index is -0.422. The second-order valence-electron chi connectivity index (χ2n) is 7.55. The van der Waals surface area contributed by atoms with Crippen LogP contribution < -0.4 is 4.90 Å². The maximum atomic E-state index is 13.4. The molecule has 0 N–H and O–H groups in total. The van der Waals surface area contributed by atoms with Crippen molar-refractivity contribution < 1.29 is 9.53 Å². The quantitative estimate of drug-likeness (QED) is 0.728. The van der Waals surface area contributed by atoms with E-state index in [0.717, 1.165) is 50.3 Å². The molecule has 142 valence electrons. The molecular formula is C23H28N2O2. The fourth-order valence-corrected chi connectivity index (χ4v) is 4.47. The van der Waals surface area contributed by atoms with Gasteiger partial charge in [-0.15, -0.1) is 0 Å². The highest BCUT2D eigenvalue weighted by Crippen LogP contribution is 2.33. The van der Waals surface area contributed by atoms with Crippen molar-refractivity contribution in [2.45, 2.75) is 31.9 Å². The minimum Gasteiger partial charge on any atom is -0.459 e. The third kappa shape index (κ3) is 3.86. The first-order chi connectivity index (χ1) is 13.3. The number of likely N-dealkylation sites (N-methyl/N-ethyl adjacent to an activating group) is 1. The monoisotopic (exact) mass is 364 g/mol. The zero-order chi connectivity index (χ0) is 18.6. The third-order valence-electron chi connectivity index (χ3n) is 5.94. The average molecular weight is 364 g/mol. The standard InChI is InChI=1S/C23H28N2O2/c1-2-25(20-11-7-4-8-12-20)22(19-9-5-3-6-10-19)23(26)27-21-17-24-15-13-18(21)14-16-24/h3-12,18,21-22H,2,13-17H2,1H3. The summed E-state index contributed by atoms with van der Waals surface area (Å²) in [5.41, 5.74) is 2.02. The minimum absolute atomic E-state index is 0.0284. The lowest BCUT2D eigenvalue weighted by molar-refractivity contribution is -0.160. The molecule has 0 aliphatic carbocycles. The molecule has 3 heterocycles. The molecule has 2 bridgehead atoms. The Morgan fingerprint density at radius 2 is 1.70 bits per heavy atom. The highest BCUT2D eigenvalue weighted by Gasteiger charge is 2.39. The lowest BCUT2D eigenvalue weighted by Crippen LogP contribution is -2.52. The van der Waals surface area contributed by atoms with Crippen molar-refractivity contribution in [2.24, 2.45) is 5.92 Å². The first-order valence-electron chi connectivity index (χ1n) is 10.1. The van der Waals surface area contributed by atoms with E-state index in [0.29, 0.717) is 5.92 Å². The van der Waals surface area contributed by atoms with E-state index in [2.05, 4.69) is 28.9 Å². The summed E-state index contributed by atoms with van der Waals surface area (Å²) in [4.78, 5) is 17.9. The van der Waals surface area contributed by atoms with Gasteiger partial charge in [-0.25, -0.2) is 4.79 Å². The number of anilines is 1. The van der Waals surface area contributed by atoms with Gasteiger partial charge in [-0.05, 0) is 56.5 Å². The smallest absolute Gasteiger partial charge is 0.333 e. The maximum Gasteiger partial charge on any atom is 0.333 e. The molecule has 4 nitrogen and oxygen atoms in total. The fraction of sp³-hybridized carbons (Fsp3) is 0.435. The van der Waals surface area contributed by atoms with Gasteiger partial charge in [0.1, 0.15) is 6.10 Å². The predicted octanol–water partition coefficient (Wildman–Crippen LogP) is 3.89. The number of fused-ring (bicyclic) bond motifs is 3. The van der Waals surface area contributed by atoms with E-state index < -0.39 is 6.04 Å². The topological polar surface area (TPSA) is 32.8 Å². The predicted molar refractivity (Wildman–Crippen MR) is 108 cm³/mol. The SMILES string of the molecule is CCN(c1ccccc1)C(C(=O)OC1CN2CCC1CC2)c1ccccc1. The number of nitrogens with zero attached hydrogens (tertiary/aromatic N) is 2.